The molecule has 2 N–H and O–H groups in total. The molecule has 1 amide bonds. The van der Waals surface area contributed by atoms with Gasteiger partial charge in [0.1, 0.15) is 5.75 Å². The van der Waals surface area contributed by atoms with E-state index in [1.54, 1.807) is 0 Å². The van der Waals surface area contributed by atoms with Crippen molar-refractivity contribution in [3.8, 4) is 5.75 Å². The topological polar surface area (TPSA) is 62.2 Å². The largest absolute Gasteiger partial charge is 0.505 e. The van der Waals surface area contributed by atoms with E-state index in [2.05, 4.69) is 10.3 Å². The molecule has 0 fully saturated rings. The number of aromatic hydroxyl groups is 1. The zero-order valence-corrected chi connectivity index (χ0v) is 9.03. The summed E-state index contributed by atoms with van der Waals surface area (Å²) in [6.07, 6.45) is 4.52. The summed E-state index contributed by atoms with van der Waals surface area (Å²) in [5, 5.41) is 12.3. The molecule has 0 aliphatic carbocycles. The number of amides is 1. The molecular formula is C11H16N2O2. The average molecular weight is 208 g/mol. The van der Waals surface area contributed by atoms with Crippen LogP contribution in [0.15, 0.2) is 18.5 Å². The van der Waals surface area contributed by atoms with Crippen LogP contribution in [0.1, 0.15) is 37.0 Å². The number of nitrogens with zero attached hydrogens (tertiary/aromatic N) is 1. The molecule has 0 saturated heterocycles. The number of hydrogen-bond acceptors (Lipinski definition) is 3. The van der Waals surface area contributed by atoms with Crippen LogP contribution in [0.25, 0.3) is 0 Å². The Morgan fingerprint density at radius 2 is 2.20 bits per heavy atom. The van der Waals surface area contributed by atoms with Crippen molar-refractivity contribution in [3.63, 3.8) is 0 Å². The van der Waals surface area contributed by atoms with Crippen molar-refractivity contribution in [1.82, 2.24) is 10.3 Å². The van der Waals surface area contributed by atoms with E-state index in [0.717, 1.165) is 12.8 Å². The van der Waals surface area contributed by atoms with Crippen LogP contribution in [-0.2, 0) is 0 Å². The molecule has 0 unspecified atom stereocenters. The molecular weight excluding hydrogens is 192 g/mol. The van der Waals surface area contributed by atoms with E-state index in [4.69, 9.17) is 0 Å². The first-order chi connectivity index (χ1) is 7.19. The quantitative estimate of drug-likeness (QED) is 0.791. The summed E-state index contributed by atoms with van der Waals surface area (Å²) in [7, 11) is 0. The highest BCUT2D eigenvalue weighted by Gasteiger charge is 2.13. The summed E-state index contributed by atoms with van der Waals surface area (Å²) in [6, 6.07) is 1.66. The number of carbonyl (C=O) groups is 1. The van der Waals surface area contributed by atoms with Crippen LogP contribution in [0, 0.1) is 0 Å². The fourth-order valence-electron chi connectivity index (χ4n) is 1.33. The molecule has 1 aromatic rings. The molecule has 4 nitrogen and oxygen atoms in total. The van der Waals surface area contributed by atoms with Crippen molar-refractivity contribution in [3.05, 3.63) is 24.0 Å². The van der Waals surface area contributed by atoms with Gasteiger partial charge in [-0.15, -0.1) is 0 Å². The zero-order valence-electron chi connectivity index (χ0n) is 9.03. The van der Waals surface area contributed by atoms with Crippen LogP contribution >= 0.6 is 0 Å². The van der Waals surface area contributed by atoms with Gasteiger partial charge in [0.15, 0.2) is 0 Å². The van der Waals surface area contributed by atoms with E-state index in [9.17, 15) is 9.90 Å². The number of hydrogen-bond donors (Lipinski definition) is 2. The van der Waals surface area contributed by atoms with Crippen LogP contribution in [0.3, 0.4) is 0 Å². The molecule has 0 aliphatic heterocycles. The molecule has 0 saturated carbocycles. The molecule has 15 heavy (non-hydrogen) atoms. The summed E-state index contributed by atoms with van der Waals surface area (Å²) in [4.78, 5) is 15.4. The molecule has 0 aromatic carbocycles. The molecule has 0 atom stereocenters. The van der Waals surface area contributed by atoms with Crippen LogP contribution in [0.4, 0.5) is 0 Å². The lowest BCUT2D eigenvalue weighted by molar-refractivity contribution is 0.0932. The fraction of sp³-hybridized carbons (Fsp3) is 0.455. The van der Waals surface area contributed by atoms with E-state index >= 15 is 0 Å². The first-order valence-corrected chi connectivity index (χ1v) is 5.12. The van der Waals surface area contributed by atoms with Crippen molar-refractivity contribution in [2.24, 2.45) is 0 Å². The van der Waals surface area contributed by atoms with Gasteiger partial charge in [-0.25, -0.2) is 0 Å². The standard InChI is InChI=1S/C11H16N2O2/c1-3-8(4-2)13-11(15)9-5-6-12-7-10(9)14/h5-8,14H,3-4H2,1-2H3,(H,13,15). The van der Waals surface area contributed by atoms with Crippen molar-refractivity contribution < 1.29 is 9.90 Å². The summed E-state index contributed by atoms with van der Waals surface area (Å²) < 4.78 is 0. The molecule has 1 heterocycles. The molecule has 0 spiro atoms. The van der Waals surface area contributed by atoms with Crippen molar-refractivity contribution in [2.75, 3.05) is 0 Å². The van der Waals surface area contributed by atoms with Gasteiger partial charge in [-0.3, -0.25) is 9.78 Å². The Hall–Kier alpha value is -1.58. The third-order valence-corrected chi connectivity index (χ3v) is 2.37. The number of carbonyl (C=O) groups excluding carboxylic acids is 1. The smallest absolute Gasteiger partial charge is 0.255 e. The lowest BCUT2D eigenvalue weighted by Crippen LogP contribution is -2.33. The van der Waals surface area contributed by atoms with Crippen LogP contribution < -0.4 is 5.32 Å². The van der Waals surface area contributed by atoms with Gasteiger partial charge in [-0.2, -0.15) is 0 Å². The second-order valence-corrected chi connectivity index (χ2v) is 3.38. The molecule has 0 bridgehead atoms. The Labute approximate surface area is 89.3 Å². The highest BCUT2D eigenvalue weighted by atomic mass is 16.3. The molecule has 0 aliphatic rings. The molecule has 1 rings (SSSR count). The van der Waals surface area contributed by atoms with Gasteiger partial charge in [0.25, 0.3) is 5.91 Å². The normalized spacial score (nSPS) is 10.3. The monoisotopic (exact) mass is 208 g/mol. The van der Waals surface area contributed by atoms with Gasteiger partial charge in [0, 0.05) is 12.2 Å². The van der Waals surface area contributed by atoms with Gasteiger partial charge in [-0.1, -0.05) is 13.8 Å². The van der Waals surface area contributed by atoms with Crippen molar-refractivity contribution in [2.45, 2.75) is 32.7 Å². The Kier molecular flexibility index (Phi) is 4.09. The van der Waals surface area contributed by atoms with E-state index in [-0.39, 0.29) is 23.3 Å². The number of rotatable bonds is 4. The van der Waals surface area contributed by atoms with Crippen molar-refractivity contribution >= 4 is 5.91 Å². The predicted octanol–water partition coefficient (Wildman–Crippen LogP) is 1.71. The second kappa shape index (κ2) is 5.34. The first-order valence-electron chi connectivity index (χ1n) is 5.12. The van der Waals surface area contributed by atoms with Crippen LogP contribution in [-0.4, -0.2) is 22.0 Å². The SMILES string of the molecule is CCC(CC)NC(=O)c1ccncc1O. The maximum absolute atomic E-state index is 11.7. The minimum atomic E-state index is -0.247. The highest BCUT2D eigenvalue weighted by Crippen LogP contribution is 2.14. The summed E-state index contributed by atoms with van der Waals surface area (Å²) in [6.45, 7) is 4.03. The van der Waals surface area contributed by atoms with Crippen molar-refractivity contribution in [1.29, 1.82) is 0 Å². The molecule has 4 heteroatoms. The van der Waals surface area contributed by atoms with Gasteiger partial charge in [0.05, 0.1) is 11.8 Å². The fourth-order valence-corrected chi connectivity index (χ4v) is 1.33. The maximum Gasteiger partial charge on any atom is 0.255 e. The molecule has 82 valence electrons. The lowest BCUT2D eigenvalue weighted by atomic mass is 10.1. The van der Waals surface area contributed by atoms with Crippen LogP contribution in [0.2, 0.25) is 0 Å². The van der Waals surface area contributed by atoms with Gasteiger partial charge >= 0.3 is 0 Å². The van der Waals surface area contributed by atoms with E-state index in [0.29, 0.717) is 0 Å². The zero-order chi connectivity index (χ0) is 11.3. The Morgan fingerprint density at radius 1 is 1.53 bits per heavy atom. The summed E-state index contributed by atoms with van der Waals surface area (Å²) in [5.74, 6) is -0.329. The van der Waals surface area contributed by atoms with E-state index in [1.165, 1.54) is 18.5 Å². The molecule has 0 radical (unpaired) electrons. The second-order valence-electron chi connectivity index (χ2n) is 3.38. The summed E-state index contributed by atoms with van der Waals surface area (Å²) in [5.41, 5.74) is 0.275. The molecule has 1 aromatic heterocycles. The maximum atomic E-state index is 11.7. The Balaban J connectivity index is 2.73. The third-order valence-electron chi connectivity index (χ3n) is 2.37. The minimum Gasteiger partial charge on any atom is -0.505 e. The Bertz CT molecular complexity index is 335. The first kappa shape index (κ1) is 11.5. The number of pyridine rings is 1. The Morgan fingerprint density at radius 3 is 2.73 bits per heavy atom. The van der Waals surface area contributed by atoms with E-state index < -0.39 is 0 Å². The third kappa shape index (κ3) is 2.94. The van der Waals surface area contributed by atoms with Crippen LogP contribution in [0.5, 0.6) is 5.75 Å². The van der Waals surface area contributed by atoms with Gasteiger partial charge in [0.2, 0.25) is 0 Å². The minimum absolute atomic E-state index is 0.0824. The van der Waals surface area contributed by atoms with E-state index in [1.807, 2.05) is 13.8 Å². The summed E-state index contributed by atoms with van der Waals surface area (Å²) >= 11 is 0. The predicted molar refractivity (Wildman–Crippen MR) is 57.7 cm³/mol. The van der Waals surface area contributed by atoms with Gasteiger partial charge < -0.3 is 10.4 Å². The average Bonchev–Trinajstić information content (AvgIpc) is 2.26. The van der Waals surface area contributed by atoms with Gasteiger partial charge in [-0.05, 0) is 18.9 Å². The lowest BCUT2D eigenvalue weighted by Gasteiger charge is -2.14. The number of aromatic nitrogens is 1. The highest BCUT2D eigenvalue weighted by molar-refractivity contribution is 5.96. The number of nitrogens with one attached hydrogen (secondary N) is 1.